The molecule has 1 saturated heterocycles. The fourth-order valence-corrected chi connectivity index (χ4v) is 2.32. The van der Waals surface area contributed by atoms with Crippen LogP contribution in [0, 0.1) is 17.8 Å². The maximum atomic E-state index is 11.3. The molecule has 0 spiro atoms. The van der Waals surface area contributed by atoms with Gasteiger partial charge >= 0.3 is 24.4 Å². The zero-order chi connectivity index (χ0) is 11.7. The summed E-state index contributed by atoms with van der Waals surface area (Å²) in [6, 6.07) is 0. The van der Waals surface area contributed by atoms with Crippen LogP contribution in [0.2, 0.25) is 0 Å². The first kappa shape index (κ1) is 10.8. The number of carbonyl (C=O) groups excluding carboxylic acids is 4. The summed E-state index contributed by atoms with van der Waals surface area (Å²) in [5.41, 5.74) is 0. The van der Waals surface area contributed by atoms with Crippen molar-refractivity contribution in [3.63, 3.8) is 0 Å². The minimum atomic E-state index is -0.638. The maximum absolute atomic E-state index is 11.3. The Hall–Kier alpha value is -1.72. The lowest BCUT2D eigenvalue weighted by Gasteiger charge is -2.25. The molecule has 1 aliphatic carbocycles. The van der Waals surface area contributed by atoms with Crippen LogP contribution in [0.5, 0.6) is 0 Å². The Kier molecular flexibility index (Phi) is 2.72. The van der Waals surface area contributed by atoms with Crippen molar-refractivity contribution in [2.45, 2.75) is 19.3 Å². The second-order valence-electron chi connectivity index (χ2n) is 4.00. The summed E-state index contributed by atoms with van der Waals surface area (Å²) in [6.07, 6.45) is 1.09. The van der Waals surface area contributed by atoms with Gasteiger partial charge in [-0.25, -0.2) is 0 Å². The average Bonchev–Trinajstić information content (AvgIpc) is 2.55. The smallest absolute Gasteiger partial charge is 0.317 e. The average molecular weight is 226 g/mol. The Morgan fingerprint density at radius 3 is 2.62 bits per heavy atom. The number of hydrogen-bond donors (Lipinski definition) is 0. The van der Waals surface area contributed by atoms with E-state index in [1.165, 1.54) is 0 Å². The van der Waals surface area contributed by atoms with Crippen molar-refractivity contribution in [3.8, 4) is 0 Å². The molecular formula is C10H10O6. The fourth-order valence-electron chi connectivity index (χ4n) is 2.32. The number of rotatable bonds is 2. The largest absolute Gasteiger partial charge is 0.395 e. The predicted octanol–water partition coefficient (Wildman–Crippen LogP) is -0.198. The third kappa shape index (κ3) is 1.70. The van der Waals surface area contributed by atoms with Crippen molar-refractivity contribution in [2.24, 2.45) is 17.8 Å². The molecule has 0 amide bonds. The number of ether oxygens (including phenoxy) is 2. The van der Waals surface area contributed by atoms with Gasteiger partial charge in [-0.3, -0.25) is 19.2 Å². The monoisotopic (exact) mass is 226 g/mol. The number of carbonyl (C=O) groups is 4. The van der Waals surface area contributed by atoms with E-state index in [9.17, 15) is 19.2 Å². The topological polar surface area (TPSA) is 86.7 Å². The van der Waals surface area contributed by atoms with E-state index in [0.717, 1.165) is 0 Å². The third-order valence-corrected chi connectivity index (χ3v) is 3.15. The van der Waals surface area contributed by atoms with E-state index >= 15 is 0 Å². The fraction of sp³-hybridized carbons (Fsp3) is 0.600. The van der Waals surface area contributed by atoms with E-state index in [1.54, 1.807) is 0 Å². The molecule has 1 aliphatic heterocycles. The minimum absolute atomic E-state index is 0.0759. The van der Waals surface area contributed by atoms with Crippen molar-refractivity contribution >= 4 is 24.4 Å². The highest BCUT2D eigenvalue weighted by atomic mass is 16.6. The molecule has 2 aliphatic rings. The Labute approximate surface area is 90.9 Å². The SMILES string of the molecule is O=COC(=O)[C@H]1CC[C@@H]2C(=O)OC(=O)[C@H]2C1. The van der Waals surface area contributed by atoms with Crippen molar-refractivity contribution < 1.29 is 28.7 Å². The normalized spacial score (nSPS) is 32.9. The lowest BCUT2D eigenvalue weighted by molar-refractivity contribution is -0.157. The van der Waals surface area contributed by atoms with Gasteiger partial charge in [-0.15, -0.1) is 0 Å². The summed E-state index contributed by atoms with van der Waals surface area (Å²) in [5.74, 6) is -3.18. The van der Waals surface area contributed by atoms with E-state index in [0.29, 0.717) is 12.8 Å². The molecule has 6 heteroatoms. The van der Waals surface area contributed by atoms with Gasteiger partial charge in [0.25, 0.3) is 0 Å². The zero-order valence-electron chi connectivity index (χ0n) is 8.38. The zero-order valence-corrected chi connectivity index (χ0v) is 8.38. The van der Waals surface area contributed by atoms with Gasteiger partial charge < -0.3 is 9.47 Å². The summed E-state index contributed by atoms with van der Waals surface area (Å²) >= 11 is 0. The molecule has 0 aromatic rings. The summed E-state index contributed by atoms with van der Waals surface area (Å²) in [4.78, 5) is 43.8. The molecule has 1 saturated carbocycles. The van der Waals surface area contributed by atoms with Gasteiger partial charge in [-0.1, -0.05) is 0 Å². The van der Waals surface area contributed by atoms with Crippen LogP contribution in [-0.2, 0) is 28.7 Å². The first-order chi connectivity index (χ1) is 7.63. The highest BCUT2D eigenvalue weighted by molar-refractivity contribution is 5.97. The van der Waals surface area contributed by atoms with Gasteiger partial charge in [0.05, 0.1) is 17.8 Å². The van der Waals surface area contributed by atoms with E-state index in [-0.39, 0.29) is 12.9 Å². The lowest BCUT2D eigenvalue weighted by atomic mass is 9.75. The second-order valence-corrected chi connectivity index (χ2v) is 4.00. The summed E-state index contributed by atoms with van der Waals surface area (Å²) in [5, 5.41) is 0. The first-order valence-electron chi connectivity index (χ1n) is 5.03. The van der Waals surface area contributed by atoms with Crippen LogP contribution >= 0.6 is 0 Å². The van der Waals surface area contributed by atoms with Gasteiger partial charge in [0.1, 0.15) is 0 Å². The quantitative estimate of drug-likeness (QED) is 0.368. The van der Waals surface area contributed by atoms with Crippen molar-refractivity contribution in [3.05, 3.63) is 0 Å². The molecule has 0 bridgehead atoms. The van der Waals surface area contributed by atoms with Gasteiger partial charge in [-0.05, 0) is 19.3 Å². The molecule has 0 aromatic carbocycles. The molecule has 16 heavy (non-hydrogen) atoms. The summed E-state index contributed by atoms with van der Waals surface area (Å²) in [6.45, 7) is 0.0759. The number of fused-ring (bicyclic) bond motifs is 1. The molecule has 0 N–H and O–H groups in total. The Bertz CT molecular complexity index is 360. The van der Waals surface area contributed by atoms with Crippen LogP contribution in [0.25, 0.3) is 0 Å². The molecule has 2 fully saturated rings. The minimum Gasteiger partial charge on any atom is -0.395 e. The standard InChI is InChI=1S/C10H10O6/c11-4-15-8(12)5-1-2-6-7(3-5)10(14)16-9(6)13/h4-7H,1-3H2/t5-,6-,7-/m0/s1. The lowest BCUT2D eigenvalue weighted by Crippen LogP contribution is -2.31. The highest BCUT2D eigenvalue weighted by Gasteiger charge is 2.49. The van der Waals surface area contributed by atoms with Crippen LogP contribution in [0.3, 0.4) is 0 Å². The van der Waals surface area contributed by atoms with Crippen LogP contribution in [-0.4, -0.2) is 24.4 Å². The molecule has 3 atom stereocenters. The Morgan fingerprint density at radius 2 is 1.94 bits per heavy atom. The number of cyclic esters (lactones) is 2. The van der Waals surface area contributed by atoms with Gasteiger partial charge in [0, 0.05) is 0 Å². The summed E-state index contributed by atoms with van der Waals surface area (Å²) in [7, 11) is 0. The van der Waals surface area contributed by atoms with Crippen LogP contribution in [0.4, 0.5) is 0 Å². The van der Waals surface area contributed by atoms with E-state index in [1.807, 2.05) is 0 Å². The van der Waals surface area contributed by atoms with Crippen molar-refractivity contribution in [2.75, 3.05) is 0 Å². The maximum Gasteiger partial charge on any atom is 0.317 e. The van der Waals surface area contributed by atoms with Crippen molar-refractivity contribution in [1.29, 1.82) is 0 Å². The van der Waals surface area contributed by atoms with E-state index in [2.05, 4.69) is 9.47 Å². The van der Waals surface area contributed by atoms with Crippen LogP contribution in [0.1, 0.15) is 19.3 Å². The molecule has 0 unspecified atom stereocenters. The predicted molar refractivity (Wildman–Crippen MR) is 47.6 cm³/mol. The molecule has 0 radical (unpaired) electrons. The summed E-state index contributed by atoms with van der Waals surface area (Å²) < 4.78 is 8.73. The van der Waals surface area contributed by atoms with Crippen LogP contribution in [0.15, 0.2) is 0 Å². The molecular weight excluding hydrogens is 216 g/mol. The molecule has 1 heterocycles. The molecule has 86 valence electrons. The van der Waals surface area contributed by atoms with Gasteiger partial charge in [0.15, 0.2) is 0 Å². The second kappa shape index (κ2) is 4.03. The molecule has 6 nitrogen and oxygen atoms in total. The Balaban J connectivity index is 2.05. The molecule has 2 rings (SSSR count). The molecule has 0 aromatic heterocycles. The highest BCUT2D eigenvalue weighted by Crippen LogP contribution is 2.39. The van der Waals surface area contributed by atoms with E-state index in [4.69, 9.17) is 0 Å². The Morgan fingerprint density at radius 1 is 1.25 bits per heavy atom. The van der Waals surface area contributed by atoms with Gasteiger partial charge in [-0.2, -0.15) is 0 Å². The van der Waals surface area contributed by atoms with E-state index < -0.39 is 35.7 Å². The third-order valence-electron chi connectivity index (χ3n) is 3.15. The first-order valence-corrected chi connectivity index (χ1v) is 5.03. The van der Waals surface area contributed by atoms with Crippen LogP contribution < -0.4 is 0 Å². The number of esters is 3. The van der Waals surface area contributed by atoms with Gasteiger partial charge in [0.2, 0.25) is 0 Å². The number of hydrogen-bond acceptors (Lipinski definition) is 6. The van der Waals surface area contributed by atoms with Crippen molar-refractivity contribution in [1.82, 2.24) is 0 Å².